The standard InChI is InChI=1S/C12H17N5O11P2/c1-5(18)25-3-7-6(27-30(23,24)28-29(20,21)22)2-8(26-7)17-4-14-9-10(17)15-12(13)16-11(9)19/h4,6-8H,2-3H2,1H3,(H,23,24)(H2,20,21,22)(H3,13,15,16,19)/t6-,7+,8+/m0/s1. The van der Waals surface area contributed by atoms with Gasteiger partial charge in [0, 0.05) is 13.3 Å². The molecule has 3 rings (SSSR count). The largest absolute Gasteiger partial charge is 0.481 e. The Morgan fingerprint density at radius 3 is 2.77 bits per heavy atom. The molecule has 16 nitrogen and oxygen atoms in total. The maximum absolute atomic E-state index is 11.9. The van der Waals surface area contributed by atoms with Crippen molar-refractivity contribution >= 4 is 38.7 Å². The number of esters is 1. The van der Waals surface area contributed by atoms with Gasteiger partial charge >= 0.3 is 21.6 Å². The van der Waals surface area contributed by atoms with Gasteiger partial charge in [0.1, 0.15) is 25.0 Å². The first kappa shape index (κ1) is 22.5. The summed E-state index contributed by atoms with van der Waals surface area (Å²) in [5.41, 5.74) is 4.93. The van der Waals surface area contributed by atoms with Crippen molar-refractivity contribution in [3.8, 4) is 0 Å². The normalized spacial score (nSPS) is 24.1. The van der Waals surface area contributed by atoms with E-state index in [4.69, 9.17) is 29.5 Å². The van der Waals surface area contributed by atoms with Gasteiger partial charge < -0.3 is 29.9 Å². The number of phosphoric ester groups is 1. The Kier molecular flexibility index (Phi) is 6.13. The molecule has 1 unspecified atom stereocenters. The summed E-state index contributed by atoms with van der Waals surface area (Å²) in [5, 5.41) is 0. The average molecular weight is 469 g/mol. The van der Waals surface area contributed by atoms with Crippen molar-refractivity contribution in [2.45, 2.75) is 31.8 Å². The van der Waals surface area contributed by atoms with Gasteiger partial charge in [-0.15, -0.1) is 0 Å². The molecule has 166 valence electrons. The molecule has 6 N–H and O–H groups in total. The van der Waals surface area contributed by atoms with E-state index in [9.17, 15) is 23.6 Å². The van der Waals surface area contributed by atoms with Gasteiger partial charge in [0.15, 0.2) is 11.2 Å². The quantitative estimate of drug-likeness (QED) is 0.245. The number of carbonyl (C=O) groups is 1. The number of hydrogen-bond acceptors (Lipinski definition) is 11. The Labute approximate surface area is 166 Å². The van der Waals surface area contributed by atoms with Gasteiger partial charge in [0.05, 0.1) is 6.33 Å². The predicted octanol–water partition coefficient (Wildman–Crippen LogP) is -0.853. The molecule has 0 amide bonds. The van der Waals surface area contributed by atoms with Crippen LogP contribution in [0.15, 0.2) is 11.1 Å². The van der Waals surface area contributed by atoms with Crippen LogP contribution in [0.2, 0.25) is 0 Å². The Morgan fingerprint density at radius 1 is 1.43 bits per heavy atom. The molecule has 18 heteroatoms. The summed E-state index contributed by atoms with van der Waals surface area (Å²) in [6.45, 7) is 0.716. The molecule has 1 aliphatic rings. The number of nitrogens with one attached hydrogen (secondary N) is 1. The van der Waals surface area contributed by atoms with Crippen molar-refractivity contribution in [3.05, 3.63) is 16.7 Å². The van der Waals surface area contributed by atoms with Crippen molar-refractivity contribution in [1.29, 1.82) is 0 Å². The summed E-state index contributed by atoms with van der Waals surface area (Å²) in [7, 11) is -10.6. The molecule has 1 aliphatic heterocycles. The van der Waals surface area contributed by atoms with Crippen LogP contribution >= 0.6 is 15.6 Å². The molecule has 1 fully saturated rings. The van der Waals surface area contributed by atoms with E-state index in [1.165, 1.54) is 10.9 Å². The number of imidazole rings is 1. The van der Waals surface area contributed by atoms with Gasteiger partial charge in [-0.3, -0.25) is 23.7 Å². The third-order valence-electron chi connectivity index (χ3n) is 3.87. The van der Waals surface area contributed by atoms with E-state index in [1.54, 1.807) is 0 Å². The number of ether oxygens (including phenoxy) is 2. The minimum absolute atomic E-state index is 0.0479. The number of aromatic nitrogens is 4. The minimum atomic E-state index is -5.34. The number of anilines is 1. The molecule has 2 aromatic rings. The number of phosphoric acid groups is 2. The summed E-state index contributed by atoms with van der Waals surface area (Å²) in [4.78, 5) is 60.3. The molecule has 2 aromatic heterocycles. The molecule has 30 heavy (non-hydrogen) atoms. The summed E-state index contributed by atoms with van der Waals surface area (Å²) < 4.78 is 43.2. The Hall–Kier alpha value is -2.16. The fourth-order valence-electron chi connectivity index (χ4n) is 2.81. The SMILES string of the molecule is CC(=O)OC[C@H]1O[C@@H](n2cnc3c(=O)[nH]c(N)nc32)C[C@@H]1OP(=O)(O)OP(=O)(O)O. The molecular formula is C12H17N5O11P2. The zero-order valence-electron chi connectivity index (χ0n) is 15.1. The first-order chi connectivity index (χ1) is 13.8. The van der Waals surface area contributed by atoms with Gasteiger partial charge in [-0.25, -0.2) is 14.1 Å². The maximum atomic E-state index is 11.9. The molecule has 0 bridgehead atoms. The number of hydrogen-bond donors (Lipinski definition) is 5. The molecular weight excluding hydrogens is 452 g/mol. The lowest BCUT2D eigenvalue weighted by Crippen LogP contribution is -2.29. The number of rotatable bonds is 7. The first-order valence-corrected chi connectivity index (χ1v) is 11.2. The van der Waals surface area contributed by atoms with E-state index in [0.717, 1.165) is 6.92 Å². The Balaban J connectivity index is 1.88. The summed E-state index contributed by atoms with van der Waals surface area (Å²) in [5.74, 6) is -0.861. The summed E-state index contributed by atoms with van der Waals surface area (Å²) >= 11 is 0. The highest BCUT2D eigenvalue weighted by atomic mass is 31.3. The van der Waals surface area contributed by atoms with E-state index in [0.29, 0.717) is 0 Å². The number of nitrogens with zero attached hydrogens (tertiary/aromatic N) is 3. The van der Waals surface area contributed by atoms with Crippen LogP contribution in [0, 0.1) is 0 Å². The van der Waals surface area contributed by atoms with Crippen molar-refractivity contribution in [2.75, 3.05) is 12.3 Å². The summed E-state index contributed by atoms with van der Waals surface area (Å²) in [6.07, 6.45) is -2.36. The van der Waals surface area contributed by atoms with Crippen LogP contribution in [-0.2, 0) is 32.2 Å². The Bertz CT molecular complexity index is 1110. The lowest BCUT2D eigenvalue weighted by molar-refractivity contribution is -0.147. The van der Waals surface area contributed by atoms with Gasteiger partial charge in [0.25, 0.3) is 5.56 Å². The highest BCUT2D eigenvalue weighted by Gasteiger charge is 2.44. The van der Waals surface area contributed by atoms with Crippen LogP contribution in [0.4, 0.5) is 5.95 Å². The van der Waals surface area contributed by atoms with E-state index < -0.39 is 52.2 Å². The molecule has 0 spiro atoms. The van der Waals surface area contributed by atoms with Crippen molar-refractivity contribution in [3.63, 3.8) is 0 Å². The number of aromatic amines is 1. The highest BCUT2D eigenvalue weighted by molar-refractivity contribution is 7.60. The second kappa shape index (κ2) is 8.17. The van der Waals surface area contributed by atoms with Gasteiger partial charge in [-0.05, 0) is 0 Å². The van der Waals surface area contributed by atoms with Crippen molar-refractivity contribution in [1.82, 2.24) is 19.5 Å². The van der Waals surface area contributed by atoms with Crippen LogP contribution in [0.5, 0.6) is 0 Å². The van der Waals surface area contributed by atoms with Crippen molar-refractivity contribution < 1.29 is 46.9 Å². The monoisotopic (exact) mass is 469 g/mol. The number of carbonyl (C=O) groups excluding carboxylic acids is 1. The topological polar surface area (TPSA) is 238 Å². The Morgan fingerprint density at radius 2 is 2.13 bits per heavy atom. The van der Waals surface area contributed by atoms with Crippen LogP contribution in [0.25, 0.3) is 11.2 Å². The lowest BCUT2D eigenvalue weighted by atomic mass is 10.2. The van der Waals surface area contributed by atoms with Crippen LogP contribution in [0.1, 0.15) is 19.6 Å². The second-order valence-electron chi connectivity index (χ2n) is 6.13. The van der Waals surface area contributed by atoms with Gasteiger partial charge in [-0.2, -0.15) is 9.29 Å². The van der Waals surface area contributed by atoms with E-state index in [2.05, 4.69) is 19.3 Å². The number of H-pyrrole nitrogens is 1. The zero-order valence-corrected chi connectivity index (χ0v) is 16.9. The van der Waals surface area contributed by atoms with Crippen LogP contribution < -0.4 is 11.3 Å². The maximum Gasteiger partial charge on any atom is 0.481 e. The van der Waals surface area contributed by atoms with Crippen LogP contribution in [-0.4, -0.2) is 59.0 Å². The minimum Gasteiger partial charge on any atom is -0.463 e. The molecule has 0 aromatic carbocycles. The molecule has 0 aliphatic carbocycles. The number of nitrogens with two attached hydrogens (primary N) is 1. The van der Waals surface area contributed by atoms with Crippen molar-refractivity contribution in [2.24, 2.45) is 0 Å². The molecule has 0 radical (unpaired) electrons. The average Bonchev–Trinajstić information content (AvgIpc) is 3.14. The predicted molar refractivity (Wildman–Crippen MR) is 95.5 cm³/mol. The van der Waals surface area contributed by atoms with Gasteiger partial charge in [0.2, 0.25) is 5.95 Å². The van der Waals surface area contributed by atoms with Crippen LogP contribution in [0.3, 0.4) is 0 Å². The molecule has 4 atom stereocenters. The van der Waals surface area contributed by atoms with E-state index in [-0.39, 0.29) is 23.5 Å². The number of fused-ring (bicyclic) bond motifs is 1. The smallest absolute Gasteiger partial charge is 0.463 e. The highest BCUT2D eigenvalue weighted by Crippen LogP contribution is 2.59. The molecule has 0 saturated carbocycles. The fraction of sp³-hybridized carbons (Fsp3) is 0.500. The van der Waals surface area contributed by atoms with E-state index in [1.807, 2.05) is 0 Å². The third kappa shape index (κ3) is 5.30. The lowest BCUT2D eigenvalue weighted by Gasteiger charge is -2.20. The van der Waals surface area contributed by atoms with Gasteiger partial charge in [-0.1, -0.05) is 0 Å². The molecule has 1 saturated heterocycles. The van der Waals surface area contributed by atoms with E-state index >= 15 is 0 Å². The number of nitrogen functional groups attached to an aromatic ring is 1. The third-order valence-corrected chi connectivity index (χ3v) is 6.08. The zero-order chi connectivity index (χ0) is 22.3. The fourth-order valence-corrected chi connectivity index (χ4v) is 4.60. The summed E-state index contributed by atoms with van der Waals surface area (Å²) in [6, 6.07) is 0. The molecule has 3 heterocycles. The second-order valence-corrected chi connectivity index (χ2v) is 8.91. The first-order valence-electron chi connectivity index (χ1n) is 8.14.